The molecule has 15 heavy (non-hydrogen) atoms. The lowest BCUT2D eigenvalue weighted by atomic mass is 10.0. The average Bonchev–Trinajstić information content (AvgIpc) is 2.30. The van der Waals surface area contributed by atoms with Gasteiger partial charge in [0.2, 0.25) is 0 Å². The number of hydrogen-bond donors (Lipinski definition) is 2. The lowest BCUT2D eigenvalue weighted by Gasteiger charge is -2.42. The third-order valence-corrected chi connectivity index (χ3v) is 3.96. The van der Waals surface area contributed by atoms with E-state index in [2.05, 4.69) is 31.5 Å². The largest absolute Gasteiger partial charge is 0.365 e. The van der Waals surface area contributed by atoms with Crippen LogP contribution in [-0.2, 0) is 4.74 Å². The molecule has 2 fully saturated rings. The van der Waals surface area contributed by atoms with Crippen molar-refractivity contribution in [1.82, 2.24) is 15.5 Å². The fourth-order valence-electron chi connectivity index (χ4n) is 2.44. The zero-order valence-electron chi connectivity index (χ0n) is 9.21. The quantitative estimate of drug-likeness (QED) is 0.697. The SMILES string of the molecule is COC1NC[C@@H](Br)C[C@@H]1N1CCNCC1. The highest BCUT2D eigenvalue weighted by Gasteiger charge is 2.33. The molecular formula is C10H20BrN3O. The summed E-state index contributed by atoms with van der Waals surface area (Å²) in [6.45, 7) is 5.46. The first-order valence-corrected chi connectivity index (χ1v) is 6.58. The molecule has 0 spiro atoms. The van der Waals surface area contributed by atoms with Crippen LogP contribution in [0.3, 0.4) is 0 Å². The summed E-state index contributed by atoms with van der Waals surface area (Å²) in [5.74, 6) is 0. The molecule has 2 saturated heterocycles. The molecule has 88 valence electrons. The molecule has 0 amide bonds. The van der Waals surface area contributed by atoms with Crippen molar-refractivity contribution in [2.75, 3.05) is 39.8 Å². The summed E-state index contributed by atoms with van der Waals surface area (Å²) >= 11 is 3.69. The van der Waals surface area contributed by atoms with E-state index in [1.54, 1.807) is 7.11 Å². The van der Waals surface area contributed by atoms with Crippen molar-refractivity contribution in [3.63, 3.8) is 0 Å². The van der Waals surface area contributed by atoms with E-state index in [0.29, 0.717) is 10.9 Å². The molecule has 3 atom stereocenters. The smallest absolute Gasteiger partial charge is 0.123 e. The van der Waals surface area contributed by atoms with Crippen LogP contribution in [0, 0.1) is 0 Å². The first kappa shape index (κ1) is 11.8. The van der Waals surface area contributed by atoms with Gasteiger partial charge in [-0.2, -0.15) is 0 Å². The molecule has 1 unspecified atom stereocenters. The van der Waals surface area contributed by atoms with Crippen molar-refractivity contribution in [3.8, 4) is 0 Å². The Kier molecular flexibility index (Phi) is 4.40. The number of piperidine rings is 1. The lowest BCUT2D eigenvalue weighted by Crippen LogP contribution is -2.60. The van der Waals surface area contributed by atoms with Gasteiger partial charge in [0.25, 0.3) is 0 Å². The summed E-state index contributed by atoms with van der Waals surface area (Å²) in [6.07, 6.45) is 1.36. The van der Waals surface area contributed by atoms with Crippen LogP contribution in [-0.4, -0.2) is 61.8 Å². The highest BCUT2D eigenvalue weighted by Crippen LogP contribution is 2.21. The highest BCUT2D eigenvalue weighted by molar-refractivity contribution is 9.09. The molecule has 0 aromatic heterocycles. The van der Waals surface area contributed by atoms with Gasteiger partial charge >= 0.3 is 0 Å². The summed E-state index contributed by atoms with van der Waals surface area (Å²) in [4.78, 5) is 3.11. The molecular weight excluding hydrogens is 258 g/mol. The molecule has 0 aromatic carbocycles. The summed E-state index contributed by atoms with van der Waals surface area (Å²) in [5.41, 5.74) is 0. The van der Waals surface area contributed by atoms with Gasteiger partial charge in [-0.1, -0.05) is 15.9 Å². The number of hydrogen-bond acceptors (Lipinski definition) is 4. The first-order chi connectivity index (χ1) is 7.31. The topological polar surface area (TPSA) is 36.5 Å². The molecule has 2 heterocycles. The predicted octanol–water partition coefficient (Wildman–Crippen LogP) is -0.0105. The molecule has 2 aliphatic heterocycles. The van der Waals surface area contributed by atoms with Crippen LogP contribution < -0.4 is 10.6 Å². The molecule has 5 heteroatoms. The van der Waals surface area contributed by atoms with Gasteiger partial charge < -0.3 is 10.1 Å². The Morgan fingerprint density at radius 3 is 2.73 bits per heavy atom. The number of nitrogens with zero attached hydrogens (tertiary/aromatic N) is 1. The molecule has 0 radical (unpaired) electrons. The van der Waals surface area contributed by atoms with Gasteiger partial charge in [-0.3, -0.25) is 10.2 Å². The standard InChI is InChI=1S/C10H20BrN3O/c1-15-10-9(6-8(11)7-13-10)14-4-2-12-3-5-14/h8-10,12-13H,2-7H2,1H3/t8-,9-,10?/m0/s1. The maximum absolute atomic E-state index is 5.51. The number of halogens is 1. The molecule has 2 aliphatic rings. The van der Waals surface area contributed by atoms with E-state index in [9.17, 15) is 0 Å². The fourth-order valence-corrected chi connectivity index (χ4v) is 3.01. The molecule has 0 saturated carbocycles. The van der Waals surface area contributed by atoms with Crippen molar-refractivity contribution in [2.45, 2.75) is 23.5 Å². The van der Waals surface area contributed by atoms with E-state index in [-0.39, 0.29) is 6.23 Å². The summed E-state index contributed by atoms with van der Waals surface area (Å²) in [7, 11) is 1.79. The predicted molar refractivity (Wildman–Crippen MR) is 64.4 cm³/mol. The molecule has 0 aliphatic carbocycles. The van der Waals surface area contributed by atoms with E-state index in [1.165, 1.54) is 6.42 Å². The molecule has 2 rings (SSSR count). The van der Waals surface area contributed by atoms with Gasteiger partial charge in [-0.25, -0.2) is 0 Å². The van der Waals surface area contributed by atoms with Crippen molar-refractivity contribution in [2.24, 2.45) is 0 Å². The van der Waals surface area contributed by atoms with Crippen molar-refractivity contribution in [1.29, 1.82) is 0 Å². The highest BCUT2D eigenvalue weighted by atomic mass is 79.9. The van der Waals surface area contributed by atoms with Crippen LogP contribution in [0.15, 0.2) is 0 Å². The lowest BCUT2D eigenvalue weighted by molar-refractivity contribution is -0.0266. The van der Waals surface area contributed by atoms with Gasteiger partial charge in [-0.15, -0.1) is 0 Å². The molecule has 2 N–H and O–H groups in total. The second-order valence-corrected chi connectivity index (χ2v) is 5.55. The Labute approximate surface area is 99.9 Å². The number of nitrogens with one attached hydrogen (secondary N) is 2. The Balaban J connectivity index is 1.95. The second kappa shape index (κ2) is 5.59. The van der Waals surface area contributed by atoms with Gasteiger partial charge in [-0.05, 0) is 6.42 Å². The van der Waals surface area contributed by atoms with Crippen LogP contribution >= 0.6 is 15.9 Å². The fraction of sp³-hybridized carbons (Fsp3) is 1.00. The normalized spacial score (nSPS) is 39.2. The van der Waals surface area contributed by atoms with Gasteiger partial charge in [0.05, 0.1) is 6.04 Å². The number of alkyl halides is 1. The summed E-state index contributed by atoms with van der Waals surface area (Å²) in [6, 6.07) is 0.509. The maximum Gasteiger partial charge on any atom is 0.123 e. The monoisotopic (exact) mass is 277 g/mol. The van der Waals surface area contributed by atoms with Crippen LogP contribution in [0.1, 0.15) is 6.42 Å². The number of piperazine rings is 1. The maximum atomic E-state index is 5.51. The Bertz CT molecular complexity index is 199. The van der Waals surface area contributed by atoms with E-state index in [4.69, 9.17) is 4.74 Å². The number of rotatable bonds is 2. The Hall–Kier alpha value is 0.320. The summed E-state index contributed by atoms with van der Waals surface area (Å²) < 4.78 is 5.51. The minimum atomic E-state index is 0.192. The van der Waals surface area contributed by atoms with Gasteiger partial charge in [0, 0.05) is 44.7 Å². The van der Waals surface area contributed by atoms with E-state index in [1.807, 2.05) is 0 Å². The van der Waals surface area contributed by atoms with Crippen LogP contribution in [0.25, 0.3) is 0 Å². The third-order valence-electron chi connectivity index (χ3n) is 3.26. The minimum absolute atomic E-state index is 0.192. The van der Waals surface area contributed by atoms with E-state index in [0.717, 1.165) is 32.7 Å². The van der Waals surface area contributed by atoms with E-state index < -0.39 is 0 Å². The van der Waals surface area contributed by atoms with Crippen molar-refractivity contribution in [3.05, 3.63) is 0 Å². The van der Waals surface area contributed by atoms with Crippen molar-refractivity contribution < 1.29 is 4.74 Å². The number of methoxy groups -OCH3 is 1. The minimum Gasteiger partial charge on any atom is -0.365 e. The van der Waals surface area contributed by atoms with Crippen LogP contribution in [0.5, 0.6) is 0 Å². The molecule has 4 nitrogen and oxygen atoms in total. The second-order valence-electron chi connectivity index (χ2n) is 4.25. The Morgan fingerprint density at radius 2 is 2.07 bits per heavy atom. The molecule has 0 aromatic rings. The average molecular weight is 278 g/mol. The third kappa shape index (κ3) is 2.91. The van der Waals surface area contributed by atoms with Gasteiger partial charge in [0.15, 0.2) is 0 Å². The van der Waals surface area contributed by atoms with Crippen LogP contribution in [0.4, 0.5) is 0 Å². The Morgan fingerprint density at radius 1 is 1.33 bits per heavy atom. The zero-order valence-corrected chi connectivity index (χ0v) is 10.8. The van der Waals surface area contributed by atoms with Gasteiger partial charge in [0.1, 0.15) is 6.23 Å². The van der Waals surface area contributed by atoms with Crippen LogP contribution in [0.2, 0.25) is 0 Å². The number of ether oxygens (including phenoxy) is 1. The van der Waals surface area contributed by atoms with Crippen molar-refractivity contribution >= 4 is 15.9 Å². The summed E-state index contributed by atoms with van der Waals surface area (Å²) in [5, 5.41) is 6.82. The first-order valence-electron chi connectivity index (χ1n) is 5.66. The molecule has 0 bridgehead atoms. The van der Waals surface area contributed by atoms with E-state index >= 15 is 0 Å². The zero-order chi connectivity index (χ0) is 10.7.